The fourth-order valence-corrected chi connectivity index (χ4v) is 1.76. The Hall–Kier alpha value is -1.51. The minimum atomic E-state index is -2.02. The number of halogens is 1. The van der Waals surface area contributed by atoms with Crippen LogP contribution < -0.4 is 0 Å². The lowest BCUT2D eigenvalue weighted by molar-refractivity contribution is -0.122. The van der Waals surface area contributed by atoms with Gasteiger partial charge in [-0.2, -0.15) is 0 Å². The Bertz CT molecular complexity index is 452. The summed E-state index contributed by atoms with van der Waals surface area (Å²) >= 11 is 0. The summed E-state index contributed by atoms with van der Waals surface area (Å²) < 4.78 is 13.8. The summed E-state index contributed by atoms with van der Waals surface area (Å²) in [5.74, 6) is -1.32. The van der Waals surface area contributed by atoms with Crippen molar-refractivity contribution in [3.63, 3.8) is 0 Å². The van der Waals surface area contributed by atoms with E-state index in [1.165, 1.54) is 0 Å². The summed E-state index contributed by atoms with van der Waals surface area (Å²) in [6.07, 6.45) is -0.443. The van der Waals surface area contributed by atoms with Gasteiger partial charge in [0.2, 0.25) is 12.0 Å². The van der Waals surface area contributed by atoms with E-state index in [0.29, 0.717) is 17.5 Å². The van der Waals surface area contributed by atoms with Crippen LogP contribution in [0.2, 0.25) is 0 Å². The van der Waals surface area contributed by atoms with E-state index in [-0.39, 0.29) is 6.42 Å². The van der Waals surface area contributed by atoms with Crippen LogP contribution in [0.25, 0.3) is 0 Å². The molecule has 0 aliphatic heterocycles. The molecule has 1 aromatic carbocycles. The predicted octanol–water partition coefficient (Wildman–Crippen LogP) is 3.58. The Labute approximate surface area is 107 Å². The van der Waals surface area contributed by atoms with Crippen LogP contribution in [0.3, 0.4) is 0 Å². The van der Waals surface area contributed by atoms with E-state index in [1.54, 1.807) is 19.1 Å². The predicted molar refractivity (Wildman–Crippen MR) is 69.7 cm³/mol. The van der Waals surface area contributed by atoms with Crippen LogP contribution in [0, 0.1) is 13.8 Å². The Balaban J connectivity index is 2.86. The van der Waals surface area contributed by atoms with Crippen molar-refractivity contribution in [1.82, 2.24) is 0 Å². The van der Waals surface area contributed by atoms with Crippen LogP contribution in [-0.2, 0) is 4.79 Å². The Morgan fingerprint density at radius 2 is 1.94 bits per heavy atom. The topological polar surface area (TPSA) is 34.1 Å². The van der Waals surface area contributed by atoms with E-state index in [9.17, 15) is 14.0 Å². The highest BCUT2D eigenvalue weighted by Crippen LogP contribution is 2.16. The molecule has 2 nitrogen and oxygen atoms in total. The molecule has 1 aromatic rings. The number of hydrogen-bond donors (Lipinski definition) is 0. The van der Waals surface area contributed by atoms with Crippen molar-refractivity contribution in [2.75, 3.05) is 0 Å². The lowest BCUT2D eigenvalue weighted by Crippen LogP contribution is -2.26. The molecule has 0 heterocycles. The van der Waals surface area contributed by atoms with Gasteiger partial charge in [-0.25, -0.2) is 4.39 Å². The van der Waals surface area contributed by atoms with E-state index in [2.05, 4.69) is 0 Å². The minimum absolute atomic E-state index is 0.133. The van der Waals surface area contributed by atoms with Gasteiger partial charge in [-0.3, -0.25) is 9.59 Å². The van der Waals surface area contributed by atoms with E-state index in [4.69, 9.17) is 0 Å². The zero-order valence-electron chi connectivity index (χ0n) is 11.1. The van der Waals surface area contributed by atoms with Gasteiger partial charge in [-0.1, -0.05) is 31.0 Å². The zero-order chi connectivity index (χ0) is 13.7. The first-order valence-electron chi connectivity index (χ1n) is 6.25. The highest BCUT2D eigenvalue weighted by molar-refractivity contribution is 6.13. The summed E-state index contributed by atoms with van der Waals surface area (Å²) in [6.45, 7) is 5.51. The molecule has 1 rings (SSSR count). The lowest BCUT2D eigenvalue weighted by atomic mass is 9.96. The van der Waals surface area contributed by atoms with Crippen molar-refractivity contribution >= 4 is 11.6 Å². The molecule has 0 aromatic heterocycles. The van der Waals surface area contributed by atoms with Gasteiger partial charge < -0.3 is 0 Å². The first kappa shape index (κ1) is 14.6. The average molecular weight is 250 g/mol. The van der Waals surface area contributed by atoms with Gasteiger partial charge in [0, 0.05) is 12.0 Å². The van der Waals surface area contributed by atoms with Crippen LogP contribution in [0.1, 0.15) is 47.7 Å². The number of Topliss-reactive ketones (excluding diaryl/α,β-unsaturated/α-hetero) is 2. The molecular formula is C15H19FO2. The third-order valence-corrected chi connectivity index (χ3v) is 2.95. The molecule has 0 aliphatic carbocycles. The van der Waals surface area contributed by atoms with Crippen molar-refractivity contribution in [3.05, 3.63) is 34.9 Å². The highest BCUT2D eigenvalue weighted by atomic mass is 19.1. The molecule has 0 radical (unpaired) electrons. The second-order valence-corrected chi connectivity index (χ2v) is 4.62. The summed E-state index contributed by atoms with van der Waals surface area (Å²) in [7, 11) is 0. The summed E-state index contributed by atoms with van der Waals surface area (Å²) in [6, 6.07) is 5.27. The average Bonchev–Trinajstić information content (AvgIpc) is 2.37. The van der Waals surface area contributed by atoms with Crippen molar-refractivity contribution in [3.8, 4) is 0 Å². The summed E-state index contributed by atoms with van der Waals surface area (Å²) in [4.78, 5) is 23.4. The molecule has 0 aliphatic rings. The molecule has 0 saturated carbocycles. The van der Waals surface area contributed by atoms with Gasteiger partial charge in [0.25, 0.3) is 0 Å². The molecule has 0 N–H and O–H groups in total. The Kier molecular flexibility index (Phi) is 5.20. The molecule has 18 heavy (non-hydrogen) atoms. The van der Waals surface area contributed by atoms with Crippen molar-refractivity contribution in [2.24, 2.45) is 0 Å². The monoisotopic (exact) mass is 250 g/mol. The SMILES string of the molecule is CCCCC(=O)C(F)C(=O)c1cc(C)ccc1C. The van der Waals surface area contributed by atoms with Crippen LogP contribution in [0.15, 0.2) is 18.2 Å². The normalized spacial score (nSPS) is 12.2. The number of benzene rings is 1. The quantitative estimate of drug-likeness (QED) is 0.571. The van der Waals surface area contributed by atoms with Crippen LogP contribution in [0.4, 0.5) is 4.39 Å². The second kappa shape index (κ2) is 6.43. The van der Waals surface area contributed by atoms with Gasteiger partial charge in [-0.05, 0) is 31.9 Å². The molecular weight excluding hydrogens is 231 g/mol. The highest BCUT2D eigenvalue weighted by Gasteiger charge is 2.27. The molecule has 0 saturated heterocycles. The Morgan fingerprint density at radius 3 is 2.56 bits per heavy atom. The number of rotatable bonds is 6. The van der Waals surface area contributed by atoms with Gasteiger partial charge in [0.1, 0.15) is 0 Å². The summed E-state index contributed by atoms with van der Waals surface area (Å²) in [5, 5.41) is 0. The maximum Gasteiger partial charge on any atom is 0.220 e. The third kappa shape index (κ3) is 3.49. The number of carbonyl (C=O) groups excluding carboxylic acids is 2. The molecule has 98 valence electrons. The molecule has 0 fully saturated rings. The van der Waals surface area contributed by atoms with Crippen LogP contribution >= 0.6 is 0 Å². The minimum Gasteiger partial charge on any atom is -0.296 e. The lowest BCUT2D eigenvalue weighted by Gasteiger charge is -2.09. The molecule has 1 atom stereocenters. The molecule has 0 bridgehead atoms. The van der Waals surface area contributed by atoms with E-state index in [0.717, 1.165) is 12.0 Å². The van der Waals surface area contributed by atoms with Gasteiger partial charge >= 0.3 is 0 Å². The molecule has 3 heteroatoms. The maximum absolute atomic E-state index is 13.8. The standard InChI is InChI=1S/C15H19FO2/c1-4-5-6-13(17)14(16)15(18)12-9-10(2)7-8-11(12)3/h7-9,14H,4-6H2,1-3H3. The van der Waals surface area contributed by atoms with Crippen molar-refractivity contribution in [2.45, 2.75) is 46.2 Å². The number of alkyl halides is 1. The van der Waals surface area contributed by atoms with E-state index >= 15 is 0 Å². The number of unbranched alkanes of at least 4 members (excludes halogenated alkanes) is 1. The Morgan fingerprint density at radius 1 is 1.28 bits per heavy atom. The molecule has 0 spiro atoms. The van der Waals surface area contributed by atoms with Gasteiger partial charge in [0.05, 0.1) is 0 Å². The number of carbonyl (C=O) groups is 2. The largest absolute Gasteiger partial charge is 0.296 e. The van der Waals surface area contributed by atoms with Crippen molar-refractivity contribution in [1.29, 1.82) is 0 Å². The fourth-order valence-electron chi connectivity index (χ4n) is 1.76. The van der Waals surface area contributed by atoms with Gasteiger partial charge in [-0.15, -0.1) is 0 Å². The van der Waals surface area contributed by atoms with Gasteiger partial charge in [0.15, 0.2) is 5.78 Å². The van der Waals surface area contributed by atoms with E-state index in [1.807, 2.05) is 19.9 Å². The van der Waals surface area contributed by atoms with E-state index < -0.39 is 17.7 Å². The zero-order valence-corrected chi connectivity index (χ0v) is 11.1. The van der Waals surface area contributed by atoms with Crippen LogP contribution in [-0.4, -0.2) is 17.7 Å². The second-order valence-electron chi connectivity index (χ2n) is 4.62. The maximum atomic E-state index is 13.8. The smallest absolute Gasteiger partial charge is 0.220 e. The molecule has 0 amide bonds. The first-order valence-corrected chi connectivity index (χ1v) is 6.25. The first-order chi connectivity index (χ1) is 8.47. The number of ketones is 2. The summed E-state index contributed by atoms with van der Waals surface area (Å²) in [5.41, 5.74) is 1.90. The van der Waals surface area contributed by atoms with Crippen LogP contribution in [0.5, 0.6) is 0 Å². The number of hydrogen-bond acceptors (Lipinski definition) is 2. The third-order valence-electron chi connectivity index (χ3n) is 2.95. The molecule has 1 unspecified atom stereocenters. The number of aryl methyl sites for hydroxylation is 2. The fraction of sp³-hybridized carbons (Fsp3) is 0.467. The van der Waals surface area contributed by atoms with Crippen molar-refractivity contribution < 1.29 is 14.0 Å².